The molecule has 14 heavy (non-hydrogen) atoms. The molecule has 2 aromatic heterocycles. The highest BCUT2D eigenvalue weighted by molar-refractivity contribution is 5.82. The number of aromatic nitrogens is 2. The van der Waals surface area contributed by atoms with Gasteiger partial charge < -0.3 is 9.97 Å². The number of rotatable bonds is 3. The van der Waals surface area contributed by atoms with Crippen molar-refractivity contribution in [2.24, 2.45) is 10.2 Å². The van der Waals surface area contributed by atoms with Crippen LogP contribution in [0.5, 0.6) is 0 Å². The van der Waals surface area contributed by atoms with E-state index in [-0.39, 0.29) is 0 Å². The first-order valence-corrected chi connectivity index (χ1v) is 4.27. The molecule has 0 bridgehead atoms. The Morgan fingerprint density at radius 1 is 0.857 bits per heavy atom. The third kappa shape index (κ3) is 2.20. The van der Waals surface area contributed by atoms with E-state index in [4.69, 9.17) is 0 Å². The minimum absolute atomic E-state index is 1.01. The van der Waals surface area contributed by atoms with Gasteiger partial charge in [0.15, 0.2) is 0 Å². The Balaban J connectivity index is 1.94. The lowest BCUT2D eigenvalue weighted by Crippen LogP contribution is -1.75. The maximum absolute atomic E-state index is 3.90. The van der Waals surface area contributed by atoms with E-state index >= 15 is 0 Å². The smallest absolute Gasteiger partial charge is 0.0583 e. The lowest BCUT2D eigenvalue weighted by Gasteiger charge is -1.80. The second-order valence-electron chi connectivity index (χ2n) is 2.78. The Morgan fingerprint density at radius 2 is 1.36 bits per heavy atom. The highest BCUT2D eigenvalue weighted by Gasteiger charge is 1.84. The maximum atomic E-state index is 3.90. The van der Waals surface area contributed by atoms with Crippen LogP contribution in [0.4, 0.5) is 0 Å². The lowest BCUT2D eigenvalue weighted by molar-refractivity contribution is 1.26. The van der Waals surface area contributed by atoms with Crippen molar-refractivity contribution in [2.75, 3.05) is 0 Å². The molecule has 0 fully saturated rings. The molecule has 2 N–H and O–H groups in total. The third-order valence-electron chi connectivity index (χ3n) is 1.72. The van der Waals surface area contributed by atoms with Gasteiger partial charge in [0.05, 0.1) is 12.4 Å². The van der Waals surface area contributed by atoms with Crippen molar-refractivity contribution >= 4 is 12.4 Å². The van der Waals surface area contributed by atoms with Gasteiger partial charge in [-0.05, 0) is 12.1 Å². The highest BCUT2D eigenvalue weighted by atomic mass is 15.2. The fourth-order valence-corrected chi connectivity index (χ4v) is 1.03. The zero-order chi connectivity index (χ0) is 9.64. The van der Waals surface area contributed by atoms with Crippen molar-refractivity contribution in [3.8, 4) is 0 Å². The molecule has 0 unspecified atom stereocenters. The Kier molecular flexibility index (Phi) is 2.56. The van der Waals surface area contributed by atoms with Crippen LogP contribution in [0.2, 0.25) is 0 Å². The van der Waals surface area contributed by atoms with Crippen molar-refractivity contribution < 1.29 is 0 Å². The number of hydrogen-bond donors (Lipinski definition) is 2. The molecule has 0 amide bonds. The number of aromatic amines is 2. The first-order chi connectivity index (χ1) is 6.95. The normalized spacial score (nSPS) is 11.7. The van der Waals surface area contributed by atoms with Crippen LogP contribution >= 0.6 is 0 Å². The molecule has 2 heterocycles. The van der Waals surface area contributed by atoms with E-state index in [9.17, 15) is 0 Å². The quantitative estimate of drug-likeness (QED) is 0.542. The van der Waals surface area contributed by atoms with Gasteiger partial charge in [0, 0.05) is 35.9 Å². The van der Waals surface area contributed by atoms with Crippen LogP contribution in [-0.2, 0) is 0 Å². The summed E-state index contributed by atoms with van der Waals surface area (Å²) in [5.41, 5.74) is 2.02. The van der Waals surface area contributed by atoms with E-state index in [0.717, 1.165) is 11.1 Å². The summed E-state index contributed by atoms with van der Waals surface area (Å²) in [6.07, 6.45) is 10.8. The fraction of sp³-hybridized carbons (Fsp3) is 0. The zero-order valence-electron chi connectivity index (χ0n) is 7.51. The summed E-state index contributed by atoms with van der Waals surface area (Å²) in [4.78, 5) is 5.87. The molecule has 0 aliphatic carbocycles. The molecule has 0 saturated heterocycles. The second-order valence-corrected chi connectivity index (χ2v) is 2.78. The van der Waals surface area contributed by atoms with E-state index in [1.54, 1.807) is 12.4 Å². The van der Waals surface area contributed by atoms with Gasteiger partial charge in [0.25, 0.3) is 0 Å². The molecule has 4 heteroatoms. The summed E-state index contributed by atoms with van der Waals surface area (Å²) >= 11 is 0. The first-order valence-electron chi connectivity index (χ1n) is 4.27. The largest absolute Gasteiger partial charge is 0.367 e. The predicted molar refractivity (Wildman–Crippen MR) is 56.8 cm³/mol. The standard InChI is InChI=1S/C10H10N4/c1-3-11-5-9(1)7-13-14-8-10-2-4-12-6-10/h1-8,11-12H/b13-7+,14-8?. The van der Waals surface area contributed by atoms with Crippen molar-refractivity contribution in [1.82, 2.24) is 9.97 Å². The van der Waals surface area contributed by atoms with Gasteiger partial charge in [-0.25, -0.2) is 0 Å². The molecule has 4 nitrogen and oxygen atoms in total. The van der Waals surface area contributed by atoms with Crippen LogP contribution in [0, 0.1) is 0 Å². The minimum Gasteiger partial charge on any atom is -0.367 e. The topological polar surface area (TPSA) is 56.3 Å². The molecule has 0 aliphatic heterocycles. The summed E-state index contributed by atoms with van der Waals surface area (Å²) in [6.45, 7) is 0. The Labute approximate surface area is 81.4 Å². The molecule has 0 aromatic carbocycles. The van der Waals surface area contributed by atoms with Crippen LogP contribution in [0.15, 0.2) is 47.1 Å². The molecule has 0 spiro atoms. The molecule has 2 aromatic rings. The van der Waals surface area contributed by atoms with Gasteiger partial charge in [0.1, 0.15) is 0 Å². The van der Waals surface area contributed by atoms with E-state index in [1.165, 1.54) is 0 Å². The highest BCUT2D eigenvalue weighted by Crippen LogP contribution is 1.93. The molecular formula is C10H10N4. The van der Waals surface area contributed by atoms with Gasteiger partial charge in [-0.15, -0.1) is 0 Å². The van der Waals surface area contributed by atoms with Crippen molar-refractivity contribution in [1.29, 1.82) is 0 Å². The fourth-order valence-electron chi connectivity index (χ4n) is 1.03. The van der Waals surface area contributed by atoms with E-state index in [2.05, 4.69) is 20.2 Å². The molecular weight excluding hydrogens is 176 g/mol. The van der Waals surface area contributed by atoms with E-state index in [1.807, 2.05) is 36.9 Å². The van der Waals surface area contributed by atoms with Gasteiger partial charge in [0.2, 0.25) is 0 Å². The number of H-pyrrole nitrogens is 2. The summed E-state index contributed by atoms with van der Waals surface area (Å²) in [5.74, 6) is 0. The average molecular weight is 186 g/mol. The number of hydrogen-bond acceptors (Lipinski definition) is 2. The molecule has 0 atom stereocenters. The molecule has 70 valence electrons. The maximum Gasteiger partial charge on any atom is 0.0583 e. The van der Waals surface area contributed by atoms with Crippen molar-refractivity contribution in [2.45, 2.75) is 0 Å². The number of nitrogens with zero attached hydrogens (tertiary/aromatic N) is 2. The van der Waals surface area contributed by atoms with Gasteiger partial charge in [-0.2, -0.15) is 10.2 Å². The van der Waals surface area contributed by atoms with Gasteiger partial charge >= 0.3 is 0 Å². The van der Waals surface area contributed by atoms with Gasteiger partial charge in [-0.1, -0.05) is 0 Å². The summed E-state index contributed by atoms with van der Waals surface area (Å²) in [5, 5.41) is 7.80. The average Bonchev–Trinajstić information content (AvgIpc) is 2.86. The van der Waals surface area contributed by atoms with Crippen LogP contribution in [-0.4, -0.2) is 22.4 Å². The predicted octanol–water partition coefficient (Wildman–Crippen LogP) is 1.80. The van der Waals surface area contributed by atoms with Crippen LogP contribution in [0.1, 0.15) is 11.1 Å². The molecule has 2 rings (SSSR count). The third-order valence-corrected chi connectivity index (χ3v) is 1.72. The lowest BCUT2D eigenvalue weighted by atomic mass is 10.4. The molecule has 0 radical (unpaired) electrons. The minimum atomic E-state index is 1.01. The van der Waals surface area contributed by atoms with Crippen LogP contribution < -0.4 is 0 Å². The number of nitrogens with one attached hydrogen (secondary N) is 2. The molecule has 0 aliphatic rings. The first kappa shape index (κ1) is 8.50. The Bertz CT molecular complexity index is 367. The molecule has 0 saturated carbocycles. The van der Waals surface area contributed by atoms with Gasteiger partial charge in [-0.3, -0.25) is 0 Å². The van der Waals surface area contributed by atoms with Crippen molar-refractivity contribution in [3.05, 3.63) is 48.0 Å². The van der Waals surface area contributed by atoms with Crippen LogP contribution in [0.25, 0.3) is 0 Å². The van der Waals surface area contributed by atoms with Crippen molar-refractivity contribution in [3.63, 3.8) is 0 Å². The zero-order valence-corrected chi connectivity index (χ0v) is 7.51. The summed E-state index contributed by atoms with van der Waals surface area (Å²) in [7, 11) is 0. The summed E-state index contributed by atoms with van der Waals surface area (Å²) < 4.78 is 0. The Morgan fingerprint density at radius 3 is 1.71 bits per heavy atom. The monoisotopic (exact) mass is 186 g/mol. The van der Waals surface area contributed by atoms with Crippen LogP contribution in [0.3, 0.4) is 0 Å². The second kappa shape index (κ2) is 4.23. The van der Waals surface area contributed by atoms with E-state index in [0.29, 0.717) is 0 Å². The SMILES string of the molecule is C(=N/N=C/c1cc[nH]c1)c1cc[nH]c1. The Hall–Kier alpha value is -2.10. The summed E-state index contributed by atoms with van der Waals surface area (Å²) in [6, 6.07) is 3.85. The van der Waals surface area contributed by atoms with E-state index < -0.39 is 0 Å².